The van der Waals surface area contributed by atoms with Crippen molar-refractivity contribution in [3.63, 3.8) is 0 Å². The molecule has 1 fully saturated rings. The third-order valence-corrected chi connectivity index (χ3v) is 4.04. The van der Waals surface area contributed by atoms with E-state index in [1.54, 1.807) is 4.90 Å². The lowest BCUT2D eigenvalue weighted by molar-refractivity contribution is -0.145. The smallest absolute Gasteiger partial charge is 0.308 e. The topological polar surface area (TPSA) is 57.6 Å². The Kier molecular flexibility index (Phi) is 4.79. The number of carboxylic acids is 1. The van der Waals surface area contributed by atoms with E-state index in [2.05, 4.69) is 22.6 Å². The SMILES string of the molecule is O=C(O)[C@H]1CCCN(C(=O)Cc2cccc(I)c2)C1. The number of benzene rings is 1. The number of amides is 1. The second-order valence-corrected chi connectivity index (χ2v) is 6.07. The second-order valence-electron chi connectivity index (χ2n) is 4.82. The number of aliphatic carboxylic acids is 1. The molecule has 102 valence electrons. The summed E-state index contributed by atoms with van der Waals surface area (Å²) in [5.41, 5.74) is 0.981. The summed E-state index contributed by atoms with van der Waals surface area (Å²) in [5.74, 6) is -1.19. The van der Waals surface area contributed by atoms with Gasteiger partial charge in [-0.25, -0.2) is 0 Å². The number of carbonyl (C=O) groups is 2. The van der Waals surface area contributed by atoms with Crippen LogP contribution in [0.3, 0.4) is 0 Å². The number of likely N-dealkylation sites (tertiary alicyclic amines) is 1. The molecule has 1 atom stereocenters. The van der Waals surface area contributed by atoms with Crippen LogP contribution in [0.4, 0.5) is 0 Å². The van der Waals surface area contributed by atoms with E-state index in [1.807, 2.05) is 24.3 Å². The highest BCUT2D eigenvalue weighted by molar-refractivity contribution is 14.1. The maximum Gasteiger partial charge on any atom is 0.308 e. The highest BCUT2D eigenvalue weighted by atomic mass is 127. The number of hydrogen-bond donors (Lipinski definition) is 1. The number of nitrogens with zero attached hydrogens (tertiary/aromatic N) is 1. The van der Waals surface area contributed by atoms with Crippen molar-refractivity contribution in [2.24, 2.45) is 5.92 Å². The molecule has 1 N–H and O–H groups in total. The van der Waals surface area contributed by atoms with Crippen LogP contribution >= 0.6 is 22.6 Å². The van der Waals surface area contributed by atoms with E-state index in [0.717, 1.165) is 15.6 Å². The van der Waals surface area contributed by atoms with Gasteiger partial charge in [-0.1, -0.05) is 12.1 Å². The number of halogens is 1. The van der Waals surface area contributed by atoms with E-state index in [9.17, 15) is 9.59 Å². The van der Waals surface area contributed by atoms with Crippen LogP contribution in [0.2, 0.25) is 0 Å². The van der Waals surface area contributed by atoms with Crippen molar-refractivity contribution in [2.75, 3.05) is 13.1 Å². The largest absolute Gasteiger partial charge is 0.481 e. The summed E-state index contributed by atoms with van der Waals surface area (Å²) in [6.45, 7) is 1.02. The zero-order valence-electron chi connectivity index (χ0n) is 10.5. The fourth-order valence-corrected chi connectivity index (χ4v) is 2.95. The van der Waals surface area contributed by atoms with Gasteiger partial charge < -0.3 is 10.0 Å². The Morgan fingerprint density at radius 2 is 2.21 bits per heavy atom. The monoisotopic (exact) mass is 373 g/mol. The molecule has 5 heteroatoms. The fourth-order valence-electron chi connectivity index (χ4n) is 2.34. The molecule has 1 aliphatic heterocycles. The predicted molar refractivity (Wildman–Crippen MR) is 79.8 cm³/mol. The quantitative estimate of drug-likeness (QED) is 0.827. The van der Waals surface area contributed by atoms with E-state index >= 15 is 0 Å². The van der Waals surface area contributed by atoms with Gasteiger partial charge in [0.15, 0.2) is 0 Å². The lowest BCUT2D eigenvalue weighted by Gasteiger charge is -2.30. The Balaban J connectivity index is 1.98. The molecule has 2 rings (SSSR count). The molecule has 0 radical (unpaired) electrons. The molecule has 1 saturated heterocycles. The van der Waals surface area contributed by atoms with Crippen LogP contribution < -0.4 is 0 Å². The van der Waals surface area contributed by atoms with Crippen LogP contribution in [-0.4, -0.2) is 35.0 Å². The molecule has 1 aromatic carbocycles. The van der Waals surface area contributed by atoms with Gasteiger partial charge in [-0.15, -0.1) is 0 Å². The van der Waals surface area contributed by atoms with Gasteiger partial charge in [0.25, 0.3) is 0 Å². The molecule has 4 nitrogen and oxygen atoms in total. The molecule has 1 aromatic rings. The van der Waals surface area contributed by atoms with Crippen LogP contribution in [-0.2, 0) is 16.0 Å². The number of carboxylic acid groups (broad SMARTS) is 1. The van der Waals surface area contributed by atoms with Crippen molar-refractivity contribution in [3.8, 4) is 0 Å². The molecular weight excluding hydrogens is 357 g/mol. The first-order valence-corrected chi connectivity index (χ1v) is 7.39. The average molecular weight is 373 g/mol. The Morgan fingerprint density at radius 1 is 1.42 bits per heavy atom. The van der Waals surface area contributed by atoms with E-state index in [1.165, 1.54) is 0 Å². The standard InChI is InChI=1S/C14H16INO3/c15-12-5-1-3-10(7-12)8-13(17)16-6-2-4-11(9-16)14(18)19/h1,3,5,7,11H,2,4,6,8-9H2,(H,18,19)/t11-/m0/s1. The number of piperidine rings is 1. The zero-order valence-corrected chi connectivity index (χ0v) is 12.7. The minimum atomic E-state index is -0.799. The first-order chi connectivity index (χ1) is 9.06. The molecule has 0 aliphatic carbocycles. The van der Waals surface area contributed by atoms with Gasteiger partial charge in [0.1, 0.15) is 0 Å². The number of carbonyl (C=O) groups excluding carboxylic acids is 1. The Morgan fingerprint density at radius 3 is 2.89 bits per heavy atom. The Hall–Kier alpha value is -1.11. The summed E-state index contributed by atoms with van der Waals surface area (Å²) in [4.78, 5) is 24.8. The molecule has 0 saturated carbocycles. The average Bonchev–Trinajstić information content (AvgIpc) is 2.39. The molecule has 1 aliphatic rings. The summed E-state index contributed by atoms with van der Waals surface area (Å²) < 4.78 is 1.10. The minimum absolute atomic E-state index is 0.0213. The van der Waals surface area contributed by atoms with Crippen LogP contribution in [0.15, 0.2) is 24.3 Å². The van der Waals surface area contributed by atoms with Gasteiger partial charge in [0, 0.05) is 16.7 Å². The van der Waals surface area contributed by atoms with E-state index in [-0.39, 0.29) is 5.91 Å². The molecule has 1 heterocycles. The van der Waals surface area contributed by atoms with E-state index in [4.69, 9.17) is 5.11 Å². The Bertz CT molecular complexity index is 489. The molecule has 0 bridgehead atoms. The number of rotatable bonds is 3. The molecular formula is C14H16INO3. The first-order valence-electron chi connectivity index (χ1n) is 6.31. The minimum Gasteiger partial charge on any atom is -0.481 e. The fraction of sp³-hybridized carbons (Fsp3) is 0.429. The summed E-state index contributed by atoms with van der Waals surface area (Å²) in [5, 5.41) is 9.02. The molecule has 19 heavy (non-hydrogen) atoms. The summed E-state index contributed by atoms with van der Waals surface area (Å²) in [6.07, 6.45) is 1.79. The van der Waals surface area contributed by atoms with Gasteiger partial charge in [-0.05, 0) is 53.1 Å². The highest BCUT2D eigenvalue weighted by Gasteiger charge is 2.27. The van der Waals surface area contributed by atoms with Crippen molar-refractivity contribution in [1.82, 2.24) is 4.90 Å². The maximum atomic E-state index is 12.2. The van der Waals surface area contributed by atoms with Crippen molar-refractivity contribution in [3.05, 3.63) is 33.4 Å². The van der Waals surface area contributed by atoms with E-state index < -0.39 is 11.9 Å². The van der Waals surface area contributed by atoms with Crippen LogP contribution in [0, 0.1) is 9.49 Å². The van der Waals surface area contributed by atoms with Gasteiger partial charge >= 0.3 is 5.97 Å². The van der Waals surface area contributed by atoms with Crippen molar-refractivity contribution in [1.29, 1.82) is 0 Å². The third-order valence-electron chi connectivity index (χ3n) is 3.37. The second kappa shape index (κ2) is 6.36. The molecule has 0 unspecified atom stereocenters. The number of hydrogen-bond acceptors (Lipinski definition) is 2. The molecule has 0 aromatic heterocycles. The maximum absolute atomic E-state index is 12.2. The van der Waals surface area contributed by atoms with Crippen LogP contribution in [0.1, 0.15) is 18.4 Å². The van der Waals surface area contributed by atoms with Gasteiger partial charge in [0.05, 0.1) is 12.3 Å². The van der Waals surface area contributed by atoms with Gasteiger partial charge in [0.2, 0.25) is 5.91 Å². The predicted octanol–water partition coefficient (Wildman–Crippen LogP) is 2.16. The van der Waals surface area contributed by atoms with Crippen LogP contribution in [0.25, 0.3) is 0 Å². The highest BCUT2D eigenvalue weighted by Crippen LogP contribution is 2.18. The Labute approximate surface area is 125 Å². The summed E-state index contributed by atoms with van der Waals surface area (Å²) in [6, 6.07) is 7.83. The lowest BCUT2D eigenvalue weighted by atomic mass is 9.97. The summed E-state index contributed by atoms with van der Waals surface area (Å²) in [7, 11) is 0. The first kappa shape index (κ1) is 14.3. The summed E-state index contributed by atoms with van der Waals surface area (Å²) >= 11 is 2.22. The normalized spacial score (nSPS) is 19.2. The van der Waals surface area contributed by atoms with Crippen molar-refractivity contribution < 1.29 is 14.7 Å². The van der Waals surface area contributed by atoms with Crippen molar-refractivity contribution >= 4 is 34.5 Å². The van der Waals surface area contributed by atoms with Gasteiger partial charge in [-0.2, -0.15) is 0 Å². The lowest BCUT2D eigenvalue weighted by Crippen LogP contribution is -2.43. The van der Waals surface area contributed by atoms with Gasteiger partial charge in [-0.3, -0.25) is 9.59 Å². The van der Waals surface area contributed by atoms with Crippen LogP contribution in [0.5, 0.6) is 0 Å². The van der Waals surface area contributed by atoms with E-state index in [0.29, 0.717) is 25.9 Å². The zero-order chi connectivity index (χ0) is 13.8. The van der Waals surface area contributed by atoms with Crippen molar-refractivity contribution in [2.45, 2.75) is 19.3 Å². The molecule has 0 spiro atoms. The molecule has 1 amide bonds. The third kappa shape index (κ3) is 3.92.